The third kappa shape index (κ3) is 3.83. The Morgan fingerprint density at radius 2 is 1.52 bits per heavy atom. The number of amides is 2. The Morgan fingerprint density at radius 3 is 2.07 bits per heavy atom. The van der Waals surface area contributed by atoms with E-state index in [0.717, 1.165) is 4.90 Å². The third-order valence-electron chi connectivity index (χ3n) is 4.08. The number of nitrogens with zero attached hydrogens (tertiary/aromatic N) is 1. The van der Waals surface area contributed by atoms with Gasteiger partial charge in [0.05, 0.1) is 25.0 Å². The average molecular weight is 386 g/mol. The molecule has 2 aromatic carbocycles. The van der Waals surface area contributed by atoms with Gasteiger partial charge < -0.3 is 9.47 Å². The molecule has 1 heterocycles. The van der Waals surface area contributed by atoms with Crippen LogP contribution in [0, 0.1) is 5.92 Å². The van der Waals surface area contributed by atoms with Crippen molar-refractivity contribution in [2.75, 3.05) is 18.6 Å². The number of imide groups is 1. The van der Waals surface area contributed by atoms with Crippen LogP contribution in [-0.4, -0.2) is 25.5 Å². The fourth-order valence-electron chi connectivity index (χ4n) is 2.70. The molecule has 2 amide bonds. The Labute approximate surface area is 163 Å². The standard InChI is InChI=1S/C21H20ClNO4/c1-13(2)12-27-17-8-4-14(5-9-17)18-19(22)21(25)23(20(18)24)15-6-10-16(26-3)11-7-15/h4-11,13H,12H2,1-3H3. The van der Waals surface area contributed by atoms with Crippen LogP contribution < -0.4 is 14.4 Å². The maximum atomic E-state index is 12.9. The van der Waals surface area contributed by atoms with Gasteiger partial charge in [0.2, 0.25) is 0 Å². The summed E-state index contributed by atoms with van der Waals surface area (Å²) >= 11 is 6.22. The van der Waals surface area contributed by atoms with Gasteiger partial charge in [0.1, 0.15) is 16.5 Å². The van der Waals surface area contributed by atoms with Crippen molar-refractivity contribution < 1.29 is 19.1 Å². The minimum atomic E-state index is -0.540. The molecule has 0 aromatic heterocycles. The molecule has 0 saturated heterocycles. The molecule has 3 rings (SSSR count). The number of halogens is 1. The van der Waals surface area contributed by atoms with Gasteiger partial charge in [-0.25, -0.2) is 4.90 Å². The Bertz CT molecular complexity index is 885. The zero-order chi connectivity index (χ0) is 19.6. The highest BCUT2D eigenvalue weighted by molar-refractivity contribution is 6.60. The Hall–Kier alpha value is -2.79. The van der Waals surface area contributed by atoms with Gasteiger partial charge in [0.15, 0.2) is 0 Å². The lowest BCUT2D eigenvalue weighted by Crippen LogP contribution is -2.31. The predicted molar refractivity (Wildman–Crippen MR) is 105 cm³/mol. The first-order chi connectivity index (χ1) is 12.9. The van der Waals surface area contributed by atoms with Gasteiger partial charge in [-0.3, -0.25) is 9.59 Å². The van der Waals surface area contributed by atoms with E-state index in [1.807, 2.05) is 0 Å². The molecule has 0 N–H and O–H groups in total. The number of methoxy groups -OCH3 is 1. The lowest BCUT2D eigenvalue weighted by atomic mass is 10.1. The summed E-state index contributed by atoms with van der Waals surface area (Å²) in [6, 6.07) is 13.7. The van der Waals surface area contributed by atoms with Gasteiger partial charge in [-0.15, -0.1) is 0 Å². The molecule has 0 bridgehead atoms. The number of benzene rings is 2. The molecule has 1 aliphatic rings. The maximum absolute atomic E-state index is 12.9. The van der Waals surface area contributed by atoms with Crippen molar-refractivity contribution in [1.29, 1.82) is 0 Å². The summed E-state index contributed by atoms with van der Waals surface area (Å²) in [7, 11) is 1.55. The highest BCUT2D eigenvalue weighted by Crippen LogP contribution is 2.35. The first kappa shape index (κ1) is 19.0. The number of hydrogen-bond acceptors (Lipinski definition) is 4. The normalized spacial score (nSPS) is 14.3. The van der Waals surface area contributed by atoms with E-state index in [9.17, 15) is 9.59 Å². The van der Waals surface area contributed by atoms with Crippen molar-refractivity contribution >= 4 is 34.7 Å². The zero-order valence-electron chi connectivity index (χ0n) is 15.4. The monoisotopic (exact) mass is 385 g/mol. The summed E-state index contributed by atoms with van der Waals surface area (Å²) in [5, 5.41) is -0.0910. The van der Waals surface area contributed by atoms with Crippen molar-refractivity contribution in [2.45, 2.75) is 13.8 Å². The Balaban J connectivity index is 1.85. The Kier molecular flexibility index (Phi) is 5.51. The smallest absolute Gasteiger partial charge is 0.277 e. The molecule has 0 spiro atoms. The van der Waals surface area contributed by atoms with Crippen molar-refractivity contribution in [3.63, 3.8) is 0 Å². The number of anilines is 1. The Morgan fingerprint density at radius 1 is 0.926 bits per heavy atom. The topological polar surface area (TPSA) is 55.8 Å². The fraction of sp³-hybridized carbons (Fsp3) is 0.238. The van der Waals surface area contributed by atoms with Crippen LogP contribution in [0.25, 0.3) is 5.57 Å². The van der Waals surface area contributed by atoms with Gasteiger partial charge in [-0.05, 0) is 47.9 Å². The minimum Gasteiger partial charge on any atom is -0.497 e. The van der Waals surface area contributed by atoms with E-state index in [1.54, 1.807) is 55.6 Å². The molecular weight excluding hydrogens is 366 g/mol. The maximum Gasteiger partial charge on any atom is 0.277 e. The molecule has 1 aliphatic heterocycles. The molecular formula is C21H20ClNO4. The number of carbonyl (C=O) groups excluding carboxylic acids is 2. The van der Waals surface area contributed by atoms with Crippen LogP contribution in [0.1, 0.15) is 19.4 Å². The first-order valence-electron chi connectivity index (χ1n) is 8.58. The number of rotatable bonds is 6. The van der Waals surface area contributed by atoms with Crippen LogP contribution in [0.4, 0.5) is 5.69 Å². The highest BCUT2D eigenvalue weighted by Gasteiger charge is 2.39. The summed E-state index contributed by atoms with van der Waals surface area (Å²) in [5.41, 5.74) is 1.20. The molecule has 6 heteroatoms. The van der Waals surface area contributed by atoms with E-state index in [2.05, 4.69) is 13.8 Å². The molecule has 0 saturated carbocycles. The SMILES string of the molecule is COc1ccc(N2C(=O)C(Cl)=C(c3ccc(OCC(C)C)cc3)C2=O)cc1. The summed E-state index contributed by atoms with van der Waals surface area (Å²) in [6.07, 6.45) is 0. The van der Waals surface area contributed by atoms with Gasteiger partial charge in [0.25, 0.3) is 11.8 Å². The summed E-state index contributed by atoms with van der Waals surface area (Å²) in [4.78, 5) is 26.5. The largest absolute Gasteiger partial charge is 0.497 e. The molecule has 0 aliphatic carbocycles. The van der Waals surface area contributed by atoms with Crippen molar-refractivity contribution in [3.05, 3.63) is 59.1 Å². The second kappa shape index (κ2) is 7.84. The zero-order valence-corrected chi connectivity index (χ0v) is 16.1. The predicted octanol–water partition coefficient (Wildman–Crippen LogP) is 4.25. The molecule has 27 heavy (non-hydrogen) atoms. The van der Waals surface area contributed by atoms with Crippen molar-refractivity contribution in [2.24, 2.45) is 5.92 Å². The molecule has 5 nitrogen and oxygen atoms in total. The van der Waals surface area contributed by atoms with Gasteiger partial charge in [-0.1, -0.05) is 37.6 Å². The lowest BCUT2D eigenvalue weighted by Gasteiger charge is -2.15. The minimum absolute atomic E-state index is 0.0910. The van der Waals surface area contributed by atoms with E-state index in [0.29, 0.717) is 35.3 Å². The van der Waals surface area contributed by atoms with Crippen LogP contribution in [0.2, 0.25) is 0 Å². The van der Waals surface area contributed by atoms with Crippen molar-refractivity contribution in [1.82, 2.24) is 0 Å². The summed E-state index contributed by atoms with van der Waals surface area (Å²) in [6.45, 7) is 4.73. The lowest BCUT2D eigenvalue weighted by molar-refractivity contribution is -0.119. The van der Waals surface area contributed by atoms with Gasteiger partial charge >= 0.3 is 0 Å². The third-order valence-corrected chi connectivity index (χ3v) is 4.43. The molecule has 0 radical (unpaired) electrons. The van der Waals surface area contributed by atoms with Gasteiger partial charge in [-0.2, -0.15) is 0 Å². The summed E-state index contributed by atoms with van der Waals surface area (Å²) < 4.78 is 10.8. The molecule has 0 fully saturated rings. The van der Waals surface area contributed by atoms with Crippen LogP contribution >= 0.6 is 11.6 Å². The second-order valence-electron chi connectivity index (χ2n) is 6.56. The van der Waals surface area contributed by atoms with E-state index in [4.69, 9.17) is 21.1 Å². The van der Waals surface area contributed by atoms with E-state index < -0.39 is 11.8 Å². The van der Waals surface area contributed by atoms with E-state index >= 15 is 0 Å². The van der Waals surface area contributed by atoms with Crippen molar-refractivity contribution in [3.8, 4) is 11.5 Å². The van der Waals surface area contributed by atoms with E-state index in [1.165, 1.54) is 0 Å². The molecule has 0 unspecified atom stereocenters. The quantitative estimate of drug-likeness (QED) is 0.697. The van der Waals surface area contributed by atoms with Crippen LogP contribution in [0.5, 0.6) is 11.5 Å². The molecule has 140 valence electrons. The fourth-order valence-corrected chi connectivity index (χ4v) is 2.97. The number of hydrogen-bond donors (Lipinski definition) is 0. The number of carbonyl (C=O) groups is 2. The average Bonchev–Trinajstić information content (AvgIpc) is 2.89. The number of ether oxygens (including phenoxy) is 2. The molecule has 0 atom stereocenters. The van der Waals surface area contributed by atoms with E-state index in [-0.39, 0.29) is 10.6 Å². The van der Waals surface area contributed by atoms with Crippen LogP contribution in [-0.2, 0) is 9.59 Å². The molecule has 2 aromatic rings. The van der Waals surface area contributed by atoms with Crippen LogP contribution in [0.3, 0.4) is 0 Å². The van der Waals surface area contributed by atoms with Gasteiger partial charge in [0, 0.05) is 0 Å². The first-order valence-corrected chi connectivity index (χ1v) is 8.96. The van der Waals surface area contributed by atoms with Crippen LogP contribution in [0.15, 0.2) is 53.6 Å². The highest BCUT2D eigenvalue weighted by atomic mass is 35.5. The summed E-state index contributed by atoms with van der Waals surface area (Å²) in [5.74, 6) is 0.754. The second-order valence-corrected chi connectivity index (χ2v) is 6.94.